The summed E-state index contributed by atoms with van der Waals surface area (Å²) >= 11 is 0. The van der Waals surface area contributed by atoms with Gasteiger partial charge >= 0.3 is 12.1 Å². The van der Waals surface area contributed by atoms with Gasteiger partial charge in [0.1, 0.15) is 11.4 Å². The van der Waals surface area contributed by atoms with Crippen LogP contribution < -0.4 is 4.74 Å². The van der Waals surface area contributed by atoms with E-state index in [-0.39, 0.29) is 12.2 Å². The Balaban J connectivity index is 2.25. The van der Waals surface area contributed by atoms with Gasteiger partial charge < -0.3 is 19.3 Å². The molecule has 3 rings (SSSR count). The molecule has 3 aromatic rings. The van der Waals surface area contributed by atoms with Gasteiger partial charge in [-0.3, -0.25) is 4.57 Å². The minimum absolute atomic E-state index is 0.0853. The maximum absolute atomic E-state index is 13.0. The number of para-hydroxylation sites is 1. The van der Waals surface area contributed by atoms with Crippen LogP contribution in [0.4, 0.5) is 4.79 Å². The van der Waals surface area contributed by atoms with Crippen LogP contribution in [0.25, 0.3) is 10.9 Å². The molecule has 7 nitrogen and oxygen atoms in total. The Bertz CT molecular complexity index is 1090. The molecule has 1 atom stereocenters. The van der Waals surface area contributed by atoms with Crippen molar-refractivity contribution in [3.8, 4) is 5.75 Å². The average molecular weight is 425 g/mol. The van der Waals surface area contributed by atoms with Crippen LogP contribution in [0, 0.1) is 0 Å². The molecule has 0 aliphatic carbocycles. The van der Waals surface area contributed by atoms with E-state index in [0.717, 1.165) is 0 Å². The predicted octanol–water partition coefficient (Wildman–Crippen LogP) is 4.23. The van der Waals surface area contributed by atoms with E-state index >= 15 is 0 Å². The molecule has 0 radical (unpaired) electrons. The number of esters is 1. The average Bonchev–Trinajstić information content (AvgIpc) is 3.12. The number of carbonyl (C=O) groups excluding carboxylic acids is 2. The van der Waals surface area contributed by atoms with E-state index in [4.69, 9.17) is 14.2 Å². The minimum atomic E-state index is -2.14. The van der Waals surface area contributed by atoms with E-state index in [1.807, 2.05) is 0 Å². The van der Waals surface area contributed by atoms with Crippen molar-refractivity contribution in [2.45, 2.75) is 38.9 Å². The zero-order valence-electron chi connectivity index (χ0n) is 18.3. The first-order chi connectivity index (χ1) is 14.6. The molecule has 7 heteroatoms. The number of nitrogens with zero attached hydrogens (tertiary/aromatic N) is 1. The second-order valence-electron chi connectivity index (χ2n) is 8.07. The molecule has 0 aliphatic rings. The summed E-state index contributed by atoms with van der Waals surface area (Å²) in [4.78, 5) is 25.9. The lowest BCUT2D eigenvalue weighted by atomic mass is 9.86. The SMILES string of the molecule is CCOC(=O)[C@](O)(c1ccc(OC)cc1)c1cn(C(=O)OC(C)(C)C)c2ccccc12. The van der Waals surface area contributed by atoms with Crippen LogP contribution in [-0.4, -0.2) is 41.1 Å². The van der Waals surface area contributed by atoms with E-state index in [0.29, 0.717) is 22.2 Å². The summed E-state index contributed by atoms with van der Waals surface area (Å²) in [6, 6.07) is 13.5. The summed E-state index contributed by atoms with van der Waals surface area (Å²) in [6.07, 6.45) is 0.816. The number of hydrogen-bond donors (Lipinski definition) is 1. The lowest BCUT2D eigenvalue weighted by Gasteiger charge is -2.26. The molecule has 0 saturated heterocycles. The zero-order valence-corrected chi connectivity index (χ0v) is 18.3. The first-order valence-electron chi connectivity index (χ1n) is 10.00. The molecule has 0 spiro atoms. The largest absolute Gasteiger partial charge is 0.497 e. The third-order valence-electron chi connectivity index (χ3n) is 4.77. The fourth-order valence-corrected chi connectivity index (χ4v) is 3.38. The molecule has 2 aromatic carbocycles. The Labute approximate surface area is 181 Å². The highest BCUT2D eigenvalue weighted by Gasteiger charge is 2.44. The van der Waals surface area contributed by atoms with Gasteiger partial charge in [0.2, 0.25) is 5.60 Å². The fraction of sp³-hybridized carbons (Fsp3) is 0.333. The molecule has 164 valence electrons. The van der Waals surface area contributed by atoms with Crippen molar-refractivity contribution in [3.05, 3.63) is 65.9 Å². The second-order valence-corrected chi connectivity index (χ2v) is 8.07. The van der Waals surface area contributed by atoms with Gasteiger partial charge in [0.25, 0.3) is 0 Å². The van der Waals surface area contributed by atoms with Crippen molar-refractivity contribution in [1.29, 1.82) is 0 Å². The zero-order chi connectivity index (χ0) is 22.8. The van der Waals surface area contributed by atoms with Gasteiger partial charge in [-0.05, 0) is 51.5 Å². The number of benzene rings is 2. The van der Waals surface area contributed by atoms with E-state index in [2.05, 4.69) is 0 Å². The van der Waals surface area contributed by atoms with Crippen molar-refractivity contribution in [3.63, 3.8) is 0 Å². The molecular formula is C24H27NO6. The van der Waals surface area contributed by atoms with Gasteiger partial charge in [0.15, 0.2) is 0 Å². The van der Waals surface area contributed by atoms with Gasteiger partial charge in [-0.1, -0.05) is 30.3 Å². The van der Waals surface area contributed by atoms with Crippen LogP contribution in [0.15, 0.2) is 54.7 Å². The van der Waals surface area contributed by atoms with Gasteiger partial charge in [0, 0.05) is 17.1 Å². The summed E-state index contributed by atoms with van der Waals surface area (Å²) in [5, 5.41) is 12.3. The summed E-state index contributed by atoms with van der Waals surface area (Å²) < 4.78 is 17.2. The van der Waals surface area contributed by atoms with Crippen LogP contribution in [0.5, 0.6) is 5.75 Å². The first kappa shape index (κ1) is 22.4. The molecule has 1 heterocycles. The molecular weight excluding hydrogens is 398 g/mol. The predicted molar refractivity (Wildman–Crippen MR) is 116 cm³/mol. The van der Waals surface area contributed by atoms with E-state index in [1.165, 1.54) is 17.9 Å². The summed E-state index contributed by atoms with van der Waals surface area (Å²) in [5.74, 6) is -0.265. The number of hydrogen-bond acceptors (Lipinski definition) is 6. The maximum Gasteiger partial charge on any atom is 0.419 e. The summed E-state index contributed by atoms with van der Waals surface area (Å²) in [5.41, 5.74) is -1.84. The van der Waals surface area contributed by atoms with Crippen molar-refractivity contribution in [1.82, 2.24) is 4.57 Å². The fourth-order valence-electron chi connectivity index (χ4n) is 3.38. The van der Waals surface area contributed by atoms with Gasteiger partial charge in [0.05, 0.1) is 19.2 Å². The number of rotatable bonds is 5. The quantitative estimate of drug-likeness (QED) is 0.616. The monoisotopic (exact) mass is 425 g/mol. The second kappa shape index (κ2) is 8.43. The Morgan fingerprint density at radius 3 is 2.26 bits per heavy atom. The van der Waals surface area contributed by atoms with Gasteiger partial charge in [-0.15, -0.1) is 0 Å². The molecule has 0 bridgehead atoms. The summed E-state index contributed by atoms with van der Waals surface area (Å²) in [7, 11) is 1.53. The van der Waals surface area contributed by atoms with Crippen LogP contribution in [-0.2, 0) is 19.9 Å². The number of aromatic nitrogens is 1. The molecule has 0 amide bonds. The van der Waals surface area contributed by atoms with E-state index in [1.54, 1.807) is 76.2 Å². The standard InChI is InChI=1S/C24H27NO6/c1-6-30-21(26)24(28,16-11-13-17(29-5)14-12-16)19-15-25(22(27)31-23(2,3)4)20-10-8-7-9-18(19)20/h7-15,28H,6H2,1-5H3/t24-/m0/s1. The highest BCUT2D eigenvalue weighted by molar-refractivity contribution is 5.98. The third kappa shape index (κ3) is 4.27. The molecule has 1 aromatic heterocycles. The molecule has 0 unspecified atom stereocenters. The van der Waals surface area contributed by atoms with Crippen molar-refractivity contribution >= 4 is 23.0 Å². The molecule has 0 saturated carbocycles. The van der Waals surface area contributed by atoms with Crippen LogP contribution >= 0.6 is 0 Å². The number of fused-ring (bicyclic) bond motifs is 1. The van der Waals surface area contributed by atoms with Gasteiger partial charge in [-0.25, -0.2) is 9.59 Å². The lowest BCUT2D eigenvalue weighted by Crippen LogP contribution is -2.38. The topological polar surface area (TPSA) is 87.0 Å². The van der Waals surface area contributed by atoms with E-state index in [9.17, 15) is 14.7 Å². The maximum atomic E-state index is 13.0. The first-order valence-corrected chi connectivity index (χ1v) is 10.00. The van der Waals surface area contributed by atoms with E-state index < -0.39 is 23.3 Å². The van der Waals surface area contributed by atoms with Crippen LogP contribution in [0.3, 0.4) is 0 Å². The van der Waals surface area contributed by atoms with Crippen LogP contribution in [0.1, 0.15) is 38.8 Å². The highest BCUT2D eigenvalue weighted by Crippen LogP contribution is 2.38. The molecule has 0 fully saturated rings. The molecule has 1 N–H and O–H groups in total. The van der Waals surface area contributed by atoms with Crippen molar-refractivity contribution in [2.75, 3.05) is 13.7 Å². The highest BCUT2D eigenvalue weighted by atomic mass is 16.6. The molecule has 31 heavy (non-hydrogen) atoms. The summed E-state index contributed by atoms with van der Waals surface area (Å²) in [6.45, 7) is 7.05. The third-order valence-corrected chi connectivity index (χ3v) is 4.77. The number of ether oxygens (including phenoxy) is 3. The normalized spacial score (nSPS) is 13.5. The minimum Gasteiger partial charge on any atom is -0.497 e. The lowest BCUT2D eigenvalue weighted by molar-refractivity contribution is -0.161. The Morgan fingerprint density at radius 2 is 1.68 bits per heavy atom. The van der Waals surface area contributed by atoms with Gasteiger partial charge in [-0.2, -0.15) is 0 Å². The van der Waals surface area contributed by atoms with Crippen molar-refractivity contribution < 1.29 is 28.9 Å². The number of carbonyl (C=O) groups is 2. The Hall–Kier alpha value is -3.32. The van der Waals surface area contributed by atoms with Crippen molar-refractivity contribution in [2.24, 2.45) is 0 Å². The number of aliphatic hydroxyl groups is 1. The Morgan fingerprint density at radius 1 is 1.03 bits per heavy atom. The number of methoxy groups -OCH3 is 1. The smallest absolute Gasteiger partial charge is 0.419 e. The van der Waals surface area contributed by atoms with Crippen LogP contribution in [0.2, 0.25) is 0 Å². The Kier molecular flexibility index (Phi) is 6.08. The molecule has 0 aliphatic heterocycles.